The zero-order chi connectivity index (χ0) is 12.1. The van der Waals surface area contributed by atoms with Crippen molar-refractivity contribution >= 4 is 0 Å². The quantitative estimate of drug-likeness (QED) is 0.869. The van der Waals surface area contributed by atoms with Gasteiger partial charge in [0.05, 0.1) is 17.3 Å². The summed E-state index contributed by atoms with van der Waals surface area (Å²) < 4.78 is 4.75. The van der Waals surface area contributed by atoms with E-state index in [2.05, 4.69) is 16.5 Å². The van der Waals surface area contributed by atoms with Crippen LogP contribution in [-0.2, 0) is 13.1 Å². The molecule has 0 aliphatic carbocycles. The first kappa shape index (κ1) is 11.4. The van der Waals surface area contributed by atoms with E-state index in [1.165, 1.54) is 5.56 Å². The highest BCUT2D eigenvalue weighted by atomic mass is 16.5. The second-order valence-electron chi connectivity index (χ2n) is 3.85. The third-order valence-electron chi connectivity index (χ3n) is 2.58. The maximum absolute atomic E-state index is 8.77. The Hall–Kier alpha value is -2.12. The zero-order valence-electron chi connectivity index (χ0n) is 9.60. The largest absolute Gasteiger partial charge is 0.364 e. The number of nitriles is 1. The van der Waals surface area contributed by atoms with Crippen molar-refractivity contribution in [1.29, 1.82) is 5.26 Å². The first-order valence-electron chi connectivity index (χ1n) is 5.39. The predicted molar refractivity (Wildman–Crippen MR) is 62.9 cm³/mol. The summed E-state index contributed by atoms with van der Waals surface area (Å²) >= 11 is 0. The molecule has 0 spiro atoms. The molecule has 0 unspecified atom stereocenters. The number of nitrogens with one attached hydrogen (secondary N) is 1. The van der Waals surface area contributed by atoms with Crippen molar-refractivity contribution in [2.24, 2.45) is 0 Å². The van der Waals surface area contributed by atoms with Crippen LogP contribution in [0.15, 0.2) is 35.1 Å². The molecule has 0 aliphatic heterocycles. The summed E-state index contributed by atoms with van der Waals surface area (Å²) in [6.07, 6.45) is 1.56. The summed E-state index contributed by atoms with van der Waals surface area (Å²) in [6, 6.07) is 9.67. The fourth-order valence-corrected chi connectivity index (χ4v) is 1.62. The molecule has 1 aromatic heterocycles. The predicted octanol–water partition coefficient (Wildman–Crippen LogP) is 2.14. The average Bonchev–Trinajstić information content (AvgIpc) is 2.84. The van der Waals surface area contributed by atoms with Gasteiger partial charge in [0.25, 0.3) is 0 Å². The molecule has 0 saturated heterocycles. The van der Waals surface area contributed by atoms with E-state index in [1.54, 1.807) is 6.26 Å². The van der Waals surface area contributed by atoms with Crippen LogP contribution in [0.3, 0.4) is 0 Å². The lowest BCUT2D eigenvalue weighted by atomic mass is 10.1. The molecule has 0 atom stereocenters. The van der Waals surface area contributed by atoms with Crippen molar-refractivity contribution in [3.8, 4) is 6.07 Å². The third-order valence-corrected chi connectivity index (χ3v) is 2.58. The second-order valence-corrected chi connectivity index (χ2v) is 3.85. The van der Waals surface area contributed by atoms with E-state index in [0.717, 1.165) is 17.8 Å². The molecule has 0 bridgehead atoms. The SMILES string of the molecule is Cc1cc(C#N)ccc1CNCc1ccon1. The van der Waals surface area contributed by atoms with Crippen LogP contribution >= 0.6 is 0 Å². The number of hydrogen-bond acceptors (Lipinski definition) is 4. The Morgan fingerprint density at radius 3 is 2.88 bits per heavy atom. The fraction of sp³-hybridized carbons (Fsp3) is 0.231. The average molecular weight is 227 g/mol. The number of nitrogens with zero attached hydrogens (tertiary/aromatic N) is 2. The van der Waals surface area contributed by atoms with Gasteiger partial charge in [0, 0.05) is 19.2 Å². The minimum absolute atomic E-state index is 0.677. The molecule has 86 valence electrons. The maximum atomic E-state index is 8.77. The smallest absolute Gasteiger partial charge is 0.124 e. The van der Waals surface area contributed by atoms with Crippen molar-refractivity contribution < 1.29 is 4.52 Å². The molecule has 0 amide bonds. The monoisotopic (exact) mass is 227 g/mol. The molecule has 0 radical (unpaired) electrons. The molecule has 4 nitrogen and oxygen atoms in total. The Kier molecular flexibility index (Phi) is 3.53. The highest BCUT2D eigenvalue weighted by Crippen LogP contribution is 2.10. The number of aryl methyl sites for hydroxylation is 1. The van der Waals surface area contributed by atoms with Crippen molar-refractivity contribution in [1.82, 2.24) is 10.5 Å². The summed E-state index contributed by atoms with van der Waals surface area (Å²) in [7, 11) is 0. The summed E-state index contributed by atoms with van der Waals surface area (Å²) in [6.45, 7) is 3.44. The van der Waals surface area contributed by atoms with Crippen LogP contribution in [-0.4, -0.2) is 5.16 Å². The van der Waals surface area contributed by atoms with Crippen molar-refractivity contribution in [3.63, 3.8) is 0 Å². The molecular weight excluding hydrogens is 214 g/mol. The first-order valence-corrected chi connectivity index (χ1v) is 5.39. The Bertz CT molecular complexity index is 526. The zero-order valence-corrected chi connectivity index (χ0v) is 9.60. The number of hydrogen-bond donors (Lipinski definition) is 1. The normalized spacial score (nSPS) is 10.1. The van der Waals surface area contributed by atoms with Crippen LogP contribution in [0, 0.1) is 18.3 Å². The van der Waals surface area contributed by atoms with Gasteiger partial charge in [-0.05, 0) is 30.2 Å². The highest BCUT2D eigenvalue weighted by molar-refractivity contribution is 5.37. The van der Waals surface area contributed by atoms with E-state index in [0.29, 0.717) is 12.1 Å². The van der Waals surface area contributed by atoms with Gasteiger partial charge in [-0.1, -0.05) is 11.2 Å². The maximum Gasteiger partial charge on any atom is 0.124 e. The third kappa shape index (κ3) is 2.92. The number of aromatic nitrogens is 1. The van der Waals surface area contributed by atoms with Crippen molar-refractivity contribution in [3.05, 3.63) is 52.9 Å². The molecule has 1 N–H and O–H groups in total. The minimum atomic E-state index is 0.677. The first-order chi connectivity index (χ1) is 8.29. The second kappa shape index (κ2) is 5.28. The van der Waals surface area contributed by atoms with Gasteiger partial charge in [0.1, 0.15) is 6.26 Å². The lowest BCUT2D eigenvalue weighted by Gasteiger charge is -2.06. The molecule has 2 aromatic rings. The van der Waals surface area contributed by atoms with E-state index < -0.39 is 0 Å². The summed E-state index contributed by atoms with van der Waals surface area (Å²) in [4.78, 5) is 0. The van der Waals surface area contributed by atoms with E-state index in [-0.39, 0.29) is 0 Å². The van der Waals surface area contributed by atoms with E-state index in [9.17, 15) is 0 Å². The van der Waals surface area contributed by atoms with Crippen LogP contribution in [0.1, 0.15) is 22.4 Å². The van der Waals surface area contributed by atoms with Gasteiger partial charge in [-0.2, -0.15) is 5.26 Å². The van der Waals surface area contributed by atoms with Crippen LogP contribution in [0.5, 0.6) is 0 Å². The summed E-state index contributed by atoms with van der Waals surface area (Å²) in [5.74, 6) is 0. The van der Waals surface area contributed by atoms with E-state index in [4.69, 9.17) is 9.78 Å². The van der Waals surface area contributed by atoms with Crippen molar-refractivity contribution in [2.75, 3.05) is 0 Å². The standard InChI is InChI=1S/C13H13N3O/c1-10-6-11(7-14)2-3-12(10)8-15-9-13-4-5-17-16-13/h2-6,15H,8-9H2,1H3. The van der Waals surface area contributed by atoms with Gasteiger partial charge in [0.15, 0.2) is 0 Å². The lowest BCUT2D eigenvalue weighted by molar-refractivity contribution is 0.408. The van der Waals surface area contributed by atoms with E-state index in [1.807, 2.05) is 31.2 Å². The van der Waals surface area contributed by atoms with Gasteiger partial charge in [-0.25, -0.2) is 0 Å². The Morgan fingerprint density at radius 1 is 1.35 bits per heavy atom. The summed E-state index contributed by atoms with van der Waals surface area (Å²) in [5, 5.41) is 15.9. The molecule has 1 aromatic carbocycles. The van der Waals surface area contributed by atoms with Gasteiger partial charge < -0.3 is 9.84 Å². The summed E-state index contributed by atoms with van der Waals surface area (Å²) in [5.41, 5.74) is 3.89. The minimum Gasteiger partial charge on any atom is -0.364 e. The topological polar surface area (TPSA) is 61.9 Å². The van der Waals surface area contributed by atoms with Crippen LogP contribution in [0.25, 0.3) is 0 Å². The molecule has 0 fully saturated rings. The number of benzene rings is 1. The van der Waals surface area contributed by atoms with Gasteiger partial charge in [0.2, 0.25) is 0 Å². The molecule has 17 heavy (non-hydrogen) atoms. The molecule has 4 heteroatoms. The molecule has 2 rings (SSSR count). The lowest BCUT2D eigenvalue weighted by Crippen LogP contribution is -2.13. The van der Waals surface area contributed by atoms with E-state index >= 15 is 0 Å². The van der Waals surface area contributed by atoms with Gasteiger partial charge in [-0.3, -0.25) is 0 Å². The van der Waals surface area contributed by atoms with Crippen LogP contribution in [0.2, 0.25) is 0 Å². The van der Waals surface area contributed by atoms with Crippen molar-refractivity contribution in [2.45, 2.75) is 20.0 Å². The molecule has 1 heterocycles. The van der Waals surface area contributed by atoms with Gasteiger partial charge >= 0.3 is 0 Å². The van der Waals surface area contributed by atoms with Gasteiger partial charge in [-0.15, -0.1) is 0 Å². The Morgan fingerprint density at radius 2 is 2.24 bits per heavy atom. The van der Waals surface area contributed by atoms with Crippen LogP contribution in [0.4, 0.5) is 0 Å². The molecule has 0 aliphatic rings. The fourth-order valence-electron chi connectivity index (χ4n) is 1.62. The number of rotatable bonds is 4. The molecular formula is C13H13N3O. The Labute approximate surface area is 99.9 Å². The Balaban J connectivity index is 1.93. The van der Waals surface area contributed by atoms with Crippen LogP contribution < -0.4 is 5.32 Å². The highest BCUT2D eigenvalue weighted by Gasteiger charge is 2.01. The molecule has 0 saturated carbocycles.